The highest BCUT2D eigenvalue weighted by atomic mass is 32.2. The van der Waals surface area contributed by atoms with Crippen molar-refractivity contribution in [2.45, 2.75) is 17.7 Å². The molecule has 30 heavy (non-hydrogen) atoms. The van der Waals surface area contributed by atoms with Crippen LogP contribution in [0.3, 0.4) is 0 Å². The molecule has 1 aromatic heterocycles. The number of hydrogen-bond acceptors (Lipinski definition) is 5. The number of phenols is 1. The predicted octanol–water partition coefficient (Wildman–Crippen LogP) is 5.89. The summed E-state index contributed by atoms with van der Waals surface area (Å²) in [6.45, 7) is 0. The fourth-order valence-corrected chi connectivity index (χ4v) is 5.55. The van der Waals surface area contributed by atoms with Crippen LogP contribution in [-0.4, -0.2) is 20.4 Å². The molecule has 0 amide bonds. The van der Waals surface area contributed by atoms with Crippen LogP contribution in [0.1, 0.15) is 22.7 Å². The van der Waals surface area contributed by atoms with Gasteiger partial charge in [-0.2, -0.15) is 0 Å². The molecule has 5 heteroatoms. The normalized spacial score (nSPS) is 19.4. The summed E-state index contributed by atoms with van der Waals surface area (Å²) in [5.41, 5.74) is 4.38. The van der Waals surface area contributed by atoms with Gasteiger partial charge in [-0.15, -0.1) is 0 Å². The maximum atomic E-state index is 10.1. The minimum Gasteiger partial charge on any atom is -0.506 e. The maximum Gasteiger partial charge on any atom is 0.219 e. The predicted molar refractivity (Wildman–Crippen MR) is 121 cm³/mol. The first-order chi connectivity index (χ1) is 14.7. The Bertz CT molecular complexity index is 1320. The number of aliphatic imine (C=N–C) groups is 1. The molecule has 4 aromatic rings. The molecule has 0 bridgehead atoms. The first-order valence-corrected chi connectivity index (χ1v) is 10.8. The summed E-state index contributed by atoms with van der Waals surface area (Å²) in [4.78, 5) is 9.50. The van der Waals surface area contributed by atoms with Crippen LogP contribution >= 0.6 is 11.8 Å². The minimum absolute atomic E-state index is 0.148. The number of thioether (sulfide) groups is 1. The summed E-state index contributed by atoms with van der Waals surface area (Å²) in [5, 5.41) is 12.5. The van der Waals surface area contributed by atoms with Gasteiger partial charge in [-0.25, -0.2) is 4.98 Å². The van der Waals surface area contributed by atoms with E-state index in [4.69, 9.17) is 9.73 Å². The lowest BCUT2D eigenvalue weighted by atomic mass is 10.1. The van der Waals surface area contributed by atoms with Crippen molar-refractivity contribution in [3.8, 4) is 17.4 Å². The molecule has 4 nitrogen and oxygen atoms in total. The zero-order chi connectivity index (χ0) is 20.1. The van der Waals surface area contributed by atoms with E-state index in [1.165, 1.54) is 11.1 Å². The van der Waals surface area contributed by atoms with E-state index in [0.29, 0.717) is 22.4 Å². The summed E-state index contributed by atoms with van der Waals surface area (Å²) in [6.07, 6.45) is 1.07. The van der Waals surface area contributed by atoms with E-state index in [9.17, 15) is 5.11 Å². The van der Waals surface area contributed by atoms with Gasteiger partial charge in [0.05, 0.1) is 11.1 Å². The van der Waals surface area contributed by atoms with E-state index in [1.807, 2.05) is 48.2 Å². The first-order valence-electron chi connectivity index (χ1n) is 9.94. The van der Waals surface area contributed by atoms with Crippen molar-refractivity contribution >= 4 is 27.7 Å². The lowest BCUT2D eigenvalue weighted by Gasteiger charge is -2.09. The van der Waals surface area contributed by atoms with E-state index in [1.54, 1.807) is 12.1 Å². The Morgan fingerprint density at radius 1 is 0.933 bits per heavy atom. The quantitative estimate of drug-likeness (QED) is 0.457. The van der Waals surface area contributed by atoms with Crippen LogP contribution in [0.4, 0.5) is 0 Å². The number of rotatable bonds is 3. The molecule has 3 aromatic carbocycles. The van der Waals surface area contributed by atoms with Crippen molar-refractivity contribution in [3.63, 3.8) is 0 Å². The molecule has 146 valence electrons. The molecule has 2 aliphatic rings. The number of phenolic OH excluding ortho intramolecular Hbond substituents is 1. The molecular weight excluding hydrogens is 392 g/mol. The number of hydrogen-bond donors (Lipinski definition) is 1. The second kappa shape index (κ2) is 6.89. The summed E-state index contributed by atoms with van der Waals surface area (Å²) in [6, 6.07) is 25.9. The lowest BCUT2D eigenvalue weighted by molar-refractivity contribution is 0.460. The highest BCUT2D eigenvalue weighted by Crippen LogP contribution is 2.47. The van der Waals surface area contributed by atoms with Crippen molar-refractivity contribution < 1.29 is 9.84 Å². The van der Waals surface area contributed by atoms with Crippen LogP contribution in [0.25, 0.3) is 10.9 Å². The maximum absolute atomic E-state index is 10.1. The van der Waals surface area contributed by atoms with Gasteiger partial charge in [0.25, 0.3) is 0 Å². The summed E-state index contributed by atoms with van der Waals surface area (Å²) in [5.74, 6) is 1.30. The van der Waals surface area contributed by atoms with Crippen LogP contribution in [0.2, 0.25) is 0 Å². The lowest BCUT2D eigenvalue weighted by Crippen LogP contribution is -2.02. The summed E-state index contributed by atoms with van der Waals surface area (Å²) < 4.78 is 6.01. The third kappa shape index (κ3) is 2.94. The molecule has 0 saturated heterocycles. The fourth-order valence-electron chi connectivity index (χ4n) is 4.22. The second-order valence-corrected chi connectivity index (χ2v) is 8.79. The highest BCUT2D eigenvalue weighted by molar-refractivity contribution is 8.15. The van der Waals surface area contributed by atoms with E-state index in [2.05, 4.69) is 35.3 Å². The molecule has 1 aliphatic carbocycles. The van der Waals surface area contributed by atoms with Crippen molar-refractivity contribution in [2.24, 2.45) is 4.99 Å². The topological polar surface area (TPSA) is 54.7 Å². The summed E-state index contributed by atoms with van der Waals surface area (Å²) in [7, 11) is 0. The van der Waals surface area contributed by atoms with Gasteiger partial charge in [-0.3, -0.25) is 4.99 Å². The summed E-state index contributed by atoms with van der Waals surface area (Å²) >= 11 is 1.86. The average molecular weight is 410 g/mol. The standard InChI is InChI=1S/C25H18N2O2S/c28-20-10-4-6-15-11-12-22(26-23(15)20)29-18-8-3-7-17(13-18)25-27-24-19-9-2-1-5-16(19)14-21(24)30-25/h1-13,21,24,28H,14H2/t21-,24+/m1/s1. The van der Waals surface area contributed by atoms with Crippen LogP contribution in [-0.2, 0) is 6.42 Å². The molecule has 1 N–H and O–H groups in total. The van der Waals surface area contributed by atoms with Crippen molar-refractivity contribution in [2.75, 3.05) is 0 Å². The van der Waals surface area contributed by atoms with E-state index < -0.39 is 0 Å². The number of aromatic hydroxyl groups is 1. The van der Waals surface area contributed by atoms with E-state index in [0.717, 1.165) is 22.4 Å². The van der Waals surface area contributed by atoms with Gasteiger partial charge in [0.2, 0.25) is 5.88 Å². The molecule has 0 radical (unpaired) electrons. The van der Waals surface area contributed by atoms with Crippen molar-refractivity contribution in [1.82, 2.24) is 4.98 Å². The van der Waals surface area contributed by atoms with E-state index >= 15 is 0 Å². The number of ether oxygens (including phenoxy) is 1. The Morgan fingerprint density at radius 3 is 2.80 bits per heavy atom. The minimum atomic E-state index is 0.148. The Labute approximate surface area is 178 Å². The number of para-hydroxylation sites is 1. The Balaban J connectivity index is 1.29. The van der Waals surface area contributed by atoms with Gasteiger partial charge in [0.15, 0.2) is 0 Å². The largest absolute Gasteiger partial charge is 0.506 e. The Kier molecular flexibility index (Phi) is 4.03. The van der Waals surface area contributed by atoms with Crippen LogP contribution < -0.4 is 4.74 Å². The van der Waals surface area contributed by atoms with E-state index in [-0.39, 0.29) is 11.8 Å². The first kappa shape index (κ1) is 17.5. The smallest absolute Gasteiger partial charge is 0.219 e. The van der Waals surface area contributed by atoms with Gasteiger partial charge in [0, 0.05) is 22.3 Å². The molecule has 2 heterocycles. The third-order valence-corrected chi connectivity index (χ3v) is 6.93. The number of aromatic nitrogens is 1. The monoisotopic (exact) mass is 410 g/mol. The van der Waals surface area contributed by atoms with Crippen LogP contribution in [0.5, 0.6) is 17.4 Å². The number of pyridine rings is 1. The van der Waals surface area contributed by atoms with Crippen molar-refractivity contribution in [1.29, 1.82) is 0 Å². The highest BCUT2D eigenvalue weighted by Gasteiger charge is 2.38. The Morgan fingerprint density at radius 2 is 1.83 bits per heavy atom. The zero-order valence-corrected chi connectivity index (χ0v) is 16.8. The van der Waals surface area contributed by atoms with Gasteiger partial charge in [-0.05, 0) is 41.8 Å². The van der Waals surface area contributed by atoms with Gasteiger partial charge in [0.1, 0.15) is 17.0 Å². The fraction of sp³-hybridized carbons (Fsp3) is 0.120. The average Bonchev–Trinajstić information content (AvgIpc) is 3.33. The molecule has 0 unspecified atom stereocenters. The second-order valence-electron chi connectivity index (χ2n) is 7.57. The molecule has 0 spiro atoms. The van der Waals surface area contributed by atoms with Crippen LogP contribution in [0.15, 0.2) is 83.9 Å². The third-order valence-electron chi connectivity index (χ3n) is 5.64. The van der Waals surface area contributed by atoms with Gasteiger partial charge in [-0.1, -0.05) is 60.3 Å². The molecular formula is C25H18N2O2S. The van der Waals surface area contributed by atoms with Crippen LogP contribution in [0, 0.1) is 0 Å². The number of fused-ring (bicyclic) bond motifs is 4. The molecule has 2 atom stereocenters. The molecule has 0 fully saturated rings. The molecule has 1 aliphatic heterocycles. The van der Waals surface area contributed by atoms with Crippen molar-refractivity contribution in [3.05, 3.63) is 95.6 Å². The molecule has 6 rings (SSSR count). The zero-order valence-electron chi connectivity index (χ0n) is 16.0. The number of benzene rings is 3. The molecule has 0 saturated carbocycles. The number of nitrogens with zero attached hydrogens (tertiary/aromatic N) is 2. The van der Waals surface area contributed by atoms with Gasteiger partial charge >= 0.3 is 0 Å². The Hall–Kier alpha value is -3.31. The SMILES string of the molecule is Oc1cccc2ccc(Oc3cccc(C4=N[C@H]5c6ccccc6C[C@H]5S4)c3)nc12. The van der Waals surface area contributed by atoms with Gasteiger partial charge < -0.3 is 9.84 Å².